The second-order valence-electron chi connectivity index (χ2n) is 7.62. The Hall–Kier alpha value is -2.04. The Morgan fingerprint density at radius 3 is 2.67 bits per heavy atom. The molecule has 5 heteroatoms. The third kappa shape index (κ3) is 3.97. The lowest BCUT2D eigenvalue weighted by atomic mass is 10.0. The second-order valence-corrected chi connectivity index (χ2v) is 8.06. The first-order valence-electron chi connectivity index (χ1n) is 9.85. The van der Waals surface area contributed by atoms with Gasteiger partial charge in [0, 0.05) is 22.9 Å². The molecule has 1 saturated heterocycles. The fourth-order valence-electron chi connectivity index (χ4n) is 4.27. The van der Waals surface area contributed by atoms with Gasteiger partial charge in [0.1, 0.15) is 0 Å². The van der Waals surface area contributed by atoms with Crippen molar-refractivity contribution in [2.24, 2.45) is 0 Å². The number of para-hydroxylation sites is 1. The molecule has 2 aliphatic heterocycles. The number of piperazine rings is 1. The number of nitrogens with zero attached hydrogens (tertiary/aromatic N) is 2. The number of carbonyl (C=O) groups excluding carboxylic acids is 1. The van der Waals surface area contributed by atoms with Crippen LogP contribution in [0.5, 0.6) is 0 Å². The van der Waals surface area contributed by atoms with Gasteiger partial charge >= 0.3 is 0 Å². The Kier molecular flexibility index (Phi) is 5.37. The van der Waals surface area contributed by atoms with Crippen LogP contribution in [0.2, 0.25) is 5.02 Å². The number of amides is 1. The van der Waals surface area contributed by atoms with Crippen molar-refractivity contribution in [1.82, 2.24) is 0 Å². The summed E-state index contributed by atoms with van der Waals surface area (Å²) < 4.78 is 0. The molecule has 0 radical (unpaired) electrons. The summed E-state index contributed by atoms with van der Waals surface area (Å²) in [7, 11) is 0. The van der Waals surface area contributed by atoms with E-state index in [9.17, 15) is 4.79 Å². The van der Waals surface area contributed by atoms with E-state index in [4.69, 9.17) is 11.6 Å². The lowest BCUT2D eigenvalue weighted by Gasteiger charge is -2.36. The lowest BCUT2D eigenvalue weighted by Crippen LogP contribution is -3.16. The number of nitrogens with one attached hydrogen (secondary N) is 1. The quantitative estimate of drug-likeness (QED) is 0.879. The van der Waals surface area contributed by atoms with Gasteiger partial charge in [0.25, 0.3) is 5.91 Å². The molecule has 4 rings (SSSR count). The summed E-state index contributed by atoms with van der Waals surface area (Å²) in [5, 5.41) is 0.782. The van der Waals surface area contributed by atoms with E-state index in [2.05, 4.69) is 42.2 Å². The molecule has 27 heavy (non-hydrogen) atoms. The van der Waals surface area contributed by atoms with Crippen LogP contribution >= 0.6 is 11.6 Å². The van der Waals surface area contributed by atoms with Crippen LogP contribution < -0.4 is 14.7 Å². The number of benzene rings is 2. The Bertz CT molecular complexity index is 830. The monoisotopic (exact) mass is 384 g/mol. The molecule has 0 aliphatic carbocycles. The molecular weight excluding hydrogens is 358 g/mol. The fraction of sp³-hybridized carbons (Fsp3) is 0.409. The first-order chi connectivity index (χ1) is 13.1. The number of hydrogen-bond acceptors (Lipinski definition) is 2. The molecule has 0 atom stereocenters. The molecule has 142 valence electrons. The van der Waals surface area contributed by atoms with E-state index >= 15 is 0 Å². The third-order valence-corrected chi connectivity index (χ3v) is 6.03. The molecule has 1 fully saturated rings. The number of carbonyl (C=O) groups is 1. The van der Waals surface area contributed by atoms with Gasteiger partial charge in [-0.25, -0.2) is 0 Å². The minimum Gasteiger partial charge on any atom is -0.360 e. The van der Waals surface area contributed by atoms with Crippen molar-refractivity contribution in [1.29, 1.82) is 0 Å². The van der Waals surface area contributed by atoms with Crippen molar-refractivity contribution >= 4 is 28.9 Å². The maximum Gasteiger partial charge on any atom is 0.282 e. The number of halogens is 1. The van der Waals surface area contributed by atoms with Crippen LogP contribution in [-0.2, 0) is 11.2 Å². The van der Waals surface area contributed by atoms with Gasteiger partial charge in [-0.05, 0) is 49.1 Å². The molecule has 0 bridgehead atoms. The predicted molar refractivity (Wildman–Crippen MR) is 111 cm³/mol. The Morgan fingerprint density at radius 1 is 1.07 bits per heavy atom. The Balaban J connectivity index is 1.37. The summed E-state index contributed by atoms with van der Waals surface area (Å²) in [6.07, 6.45) is 2.13. The highest BCUT2D eigenvalue weighted by Crippen LogP contribution is 2.26. The van der Waals surface area contributed by atoms with Gasteiger partial charge in [-0.3, -0.25) is 4.79 Å². The smallest absolute Gasteiger partial charge is 0.282 e. The van der Waals surface area contributed by atoms with Gasteiger partial charge in [-0.1, -0.05) is 35.9 Å². The van der Waals surface area contributed by atoms with Gasteiger partial charge < -0.3 is 14.7 Å². The average molecular weight is 385 g/mol. The normalized spacial score (nSPS) is 17.7. The second kappa shape index (κ2) is 7.91. The molecule has 1 N–H and O–H groups in total. The molecule has 4 nitrogen and oxygen atoms in total. The molecule has 1 amide bonds. The van der Waals surface area contributed by atoms with E-state index in [1.165, 1.54) is 21.7 Å². The number of anilines is 2. The summed E-state index contributed by atoms with van der Waals surface area (Å²) in [5.41, 5.74) is 4.89. The standard InChI is InChI=1S/C22H26ClN3O/c1-17-8-9-19(23)15-21(17)25-13-11-24(12-14-25)16-22(27)26-10-4-6-18-5-2-3-7-20(18)26/h2-3,5,7-9,15H,4,6,10-14,16H2,1H3/p+1. The van der Waals surface area contributed by atoms with Crippen LogP contribution in [0.15, 0.2) is 42.5 Å². The van der Waals surface area contributed by atoms with Gasteiger partial charge in [0.2, 0.25) is 0 Å². The largest absolute Gasteiger partial charge is 0.360 e. The summed E-state index contributed by atoms with van der Waals surface area (Å²) in [6.45, 7) is 7.43. The van der Waals surface area contributed by atoms with Crippen LogP contribution in [0, 0.1) is 6.92 Å². The number of fused-ring (bicyclic) bond motifs is 1. The minimum absolute atomic E-state index is 0.254. The van der Waals surface area contributed by atoms with Crippen LogP contribution in [0.4, 0.5) is 11.4 Å². The molecule has 0 spiro atoms. The van der Waals surface area contributed by atoms with E-state index in [0.717, 1.165) is 56.3 Å². The van der Waals surface area contributed by atoms with Gasteiger partial charge in [0.15, 0.2) is 6.54 Å². The lowest BCUT2D eigenvalue weighted by molar-refractivity contribution is -0.892. The zero-order valence-electron chi connectivity index (χ0n) is 15.9. The van der Waals surface area contributed by atoms with Crippen molar-refractivity contribution in [3.8, 4) is 0 Å². The van der Waals surface area contributed by atoms with E-state index in [1.807, 2.05) is 17.0 Å². The van der Waals surface area contributed by atoms with Crippen LogP contribution in [-0.4, -0.2) is 45.2 Å². The first-order valence-corrected chi connectivity index (χ1v) is 10.2. The van der Waals surface area contributed by atoms with Crippen molar-refractivity contribution in [3.63, 3.8) is 0 Å². The molecule has 2 aromatic rings. The first kappa shape index (κ1) is 18.3. The number of hydrogen-bond donors (Lipinski definition) is 1. The van der Waals surface area contributed by atoms with E-state index in [1.54, 1.807) is 0 Å². The third-order valence-electron chi connectivity index (χ3n) is 5.79. The number of aryl methyl sites for hydroxylation is 2. The summed E-state index contributed by atoms with van der Waals surface area (Å²) in [5.74, 6) is 0.254. The maximum atomic E-state index is 13.0. The van der Waals surface area contributed by atoms with Crippen molar-refractivity contribution in [2.75, 3.05) is 49.1 Å². The van der Waals surface area contributed by atoms with E-state index in [0.29, 0.717) is 6.54 Å². The van der Waals surface area contributed by atoms with E-state index < -0.39 is 0 Å². The minimum atomic E-state index is 0.254. The molecular formula is C22H27ClN3O+. The molecule has 2 heterocycles. The van der Waals surface area contributed by atoms with Gasteiger partial charge in [-0.2, -0.15) is 0 Å². The van der Waals surface area contributed by atoms with Crippen molar-refractivity contribution < 1.29 is 9.69 Å². The Morgan fingerprint density at radius 2 is 1.85 bits per heavy atom. The summed E-state index contributed by atoms with van der Waals surface area (Å²) >= 11 is 6.18. The Labute approximate surface area is 166 Å². The highest BCUT2D eigenvalue weighted by Gasteiger charge is 2.28. The zero-order valence-corrected chi connectivity index (χ0v) is 16.6. The molecule has 0 aromatic heterocycles. The highest BCUT2D eigenvalue weighted by molar-refractivity contribution is 6.30. The fourth-order valence-corrected chi connectivity index (χ4v) is 4.43. The summed E-state index contributed by atoms with van der Waals surface area (Å²) in [6, 6.07) is 14.4. The van der Waals surface area contributed by atoms with Crippen LogP contribution in [0.3, 0.4) is 0 Å². The van der Waals surface area contributed by atoms with Crippen molar-refractivity contribution in [2.45, 2.75) is 19.8 Å². The topological polar surface area (TPSA) is 28.0 Å². The SMILES string of the molecule is Cc1ccc(Cl)cc1N1CC[NH+](CC(=O)N2CCCc3ccccc32)CC1. The van der Waals surface area contributed by atoms with Crippen LogP contribution in [0.1, 0.15) is 17.5 Å². The molecule has 2 aliphatic rings. The van der Waals surface area contributed by atoms with Crippen molar-refractivity contribution in [3.05, 3.63) is 58.6 Å². The number of rotatable bonds is 3. The van der Waals surface area contributed by atoms with Crippen LogP contribution in [0.25, 0.3) is 0 Å². The molecule has 2 aromatic carbocycles. The zero-order chi connectivity index (χ0) is 18.8. The molecule has 0 saturated carbocycles. The predicted octanol–water partition coefficient (Wildman–Crippen LogP) is 2.33. The van der Waals surface area contributed by atoms with E-state index in [-0.39, 0.29) is 5.91 Å². The number of quaternary nitrogens is 1. The maximum absolute atomic E-state index is 13.0. The van der Waals surface area contributed by atoms with Gasteiger partial charge in [-0.15, -0.1) is 0 Å². The molecule has 0 unspecified atom stereocenters. The summed E-state index contributed by atoms with van der Waals surface area (Å²) in [4.78, 5) is 18.7. The average Bonchev–Trinajstić information content (AvgIpc) is 2.70. The highest BCUT2D eigenvalue weighted by atomic mass is 35.5. The van der Waals surface area contributed by atoms with Gasteiger partial charge in [0.05, 0.1) is 26.2 Å².